The van der Waals surface area contributed by atoms with Gasteiger partial charge in [-0.05, 0) is 62.7 Å². The highest BCUT2D eigenvalue weighted by molar-refractivity contribution is 5.37. The van der Waals surface area contributed by atoms with Crippen molar-refractivity contribution in [3.8, 4) is 0 Å². The third kappa shape index (κ3) is 4.96. The van der Waals surface area contributed by atoms with Gasteiger partial charge in [-0.1, -0.05) is 6.07 Å². The Labute approximate surface area is 158 Å². The zero-order valence-electron chi connectivity index (χ0n) is 16.2. The van der Waals surface area contributed by atoms with Crippen LogP contribution in [0.4, 0.5) is 5.82 Å². The van der Waals surface area contributed by atoms with Crippen molar-refractivity contribution in [2.45, 2.75) is 25.7 Å². The fourth-order valence-electron chi connectivity index (χ4n) is 4.83. The van der Waals surface area contributed by atoms with E-state index in [4.69, 9.17) is 0 Å². The minimum Gasteiger partial charge on any atom is -0.357 e. The SMILES string of the molecule is c1ccc(N2CCC(CN3CCN(CC4CCNCC4)CC3)CC2)nc1. The molecule has 1 N–H and O–H groups in total. The monoisotopic (exact) mass is 357 g/mol. The molecule has 3 saturated heterocycles. The van der Waals surface area contributed by atoms with E-state index in [1.165, 1.54) is 78.0 Å². The molecule has 1 aromatic rings. The molecule has 0 unspecified atom stereocenters. The quantitative estimate of drug-likeness (QED) is 0.871. The van der Waals surface area contributed by atoms with Crippen LogP contribution in [0.25, 0.3) is 0 Å². The van der Waals surface area contributed by atoms with Gasteiger partial charge < -0.3 is 20.0 Å². The minimum atomic E-state index is 0.867. The van der Waals surface area contributed by atoms with Crippen LogP contribution in [0.3, 0.4) is 0 Å². The van der Waals surface area contributed by atoms with E-state index in [-0.39, 0.29) is 0 Å². The van der Waals surface area contributed by atoms with Crippen molar-refractivity contribution in [2.75, 3.05) is 70.3 Å². The van der Waals surface area contributed by atoms with E-state index in [9.17, 15) is 0 Å². The number of pyridine rings is 1. The summed E-state index contributed by atoms with van der Waals surface area (Å²) >= 11 is 0. The number of hydrogen-bond acceptors (Lipinski definition) is 5. The van der Waals surface area contributed by atoms with Crippen LogP contribution in [-0.2, 0) is 0 Å². The van der Waals surface area contributed by atoms with E-state index >= 15 is 0 Å². The van der Waals surface area contributed by atoms with E-state index in [1.54, 1.807) is 0 Å². The molecule has 0 saturated carbocycles. The van der Waals surface area contributed by atoms with Crippen molar-refractivity contribution >= 4 is 5.82 Å². The summed E-state index contributed by atoms with van der Waals surface area (Å²) in [5.41, 5.74) is 0. The van der Waals surface area contributed by atoms with Crippen LogP contribution in [0.1, 0.15) is 25.7 Å². The average molecular weight is 358 g/mol. The number of anilines is 1. The summed E-state index contributed by atoms with van der Waals surface area (Å²) in [6.45, 7) is 12.5. The fraction of sp³-hybridized carbons (Fsp3) is 0.762. The van der Waals surface area contributed by atoms with Gasteiger partial charge in [0.1, 0.15) is 5.82 Å². The van der Waals surface area contributed by atoms with Crippen molar-refractivity contribution < 1.29 is 0 Å². The van der Waals surface area contributed by atoms with Gasteiger partial charge in [-0.3, -0.25) is 0 Å². The van der Waals surface area contributed by atoms with Gasteiger partial charge in [0.25, 0.3) is 0 Å². The summed E-state index contributed by atoms with van der Waals surface area (Å²) < 4.78 is 0. The van der Waals surface area contributed by atoms with Crippen molar-refractivity contribution in [1.29, 1.82) is 0 Å². The smallest absolute Gasteiger partial charge is 0.128 e. The van der Waals surface area contributed by atoms with Crippen molar-refractivity contribution in [2.24, 2.45) is 11.8 Å². The lowest BCUT2D eigenvalue weighted by molar-refractivity contribution is 0.0961. The highest BCUT2D eigenvalue weighted by Gasteiger charge is 2.25. The molecule has 4 heterocycles. The van der Waals surface area contributed by atoms with Gasteiger partial charge in [-0.25, -0.2) is 4.98 Å². The molecule has 0 atom stereocenters. The summed E-state index contributed by atoms with van der Waals surface area (Å²) in [7, 11) is 0. The zero-order valence-corrected chi connectivity index (χ0v) is 16.2. The van der Waals surface area contributed by atoms with Crippen molar-refractivity contribution in [1.82, 2.24) is 20.1 Å². The van der Waals surface area contributed by atoms with Gasteiger partial charge in [0, 0.05) is 58.6 Å². The molecule has 4 rings (SSSR count). The molecule has 0 amide bonds. The first-order valence-corrected chi connectivity index (χ1v) is 10.7. The normalized spacial score (nSPS) is 24.8. The van der Waals surface area contributed by atoms with E-state index in [1.807, 2.05) is 12.3 Å². The largest absolute Gasteiger partial charge is 0.357 e. The summed E-state index contributed by atoms with van der Waals surface area (Å²) in [5.74, 6) is 2.95. The summed E-state index contributed by atoms with van der Waals surface area (Å²) in [5, 5.41) is 3.48. The predicted octanol–water partition coefficient (Wildman–Crippen LogP) is 1.92. The molecule has 0 radical (unpaired) electrons. The van der Waals surface area contributed by atoms with Crippen LogP contribution in [0.5, 0.6) is 0 Å². The number of rotatable bonds is 5. The topological polar surface area (TPSA) is 34.6 Å². The second-order valence-electron chi connectivity index (χ2n) is 8.41. The van der Waals surface area contributed by atoms with Crippen LogP contribution >= 0.6 is 0 Å². The zero-order chi connectivity index (χ0) is 17.6. The van der Waals surface area contributed by atoms with Crippen LogP contribution in [0.15, 0.2) is 24.4 Å². The number of nitrogens with one attached hydrogen (secondary N) is 1. The lowest BCUT2D eigenvalue weighted by atomic mass is 9.95. The maximum atomic E-state index is 4.51. The van der Waals surface area contributed by atoms with E-state index in [0.29, 0.717) is 0 Å². The van der Waals surface area contributed by atoms with Crippen LogP contribution in [0, 0.1) is 11.8 Å². The molecule has 3 fully saturated rings. The Morgan fingerprint density at radius 2 is 1.42 bits per heavy atom. The molecular weight excluding hydrogens is 322 g/mol. The number of aromatic nitrogens is 1. The molecule has 5 nitrogen and oxygen atoms in total. The highest BCUT2D eigenvalue weighted by Crippen LogP contribution is 2.23. The third-order valence-electron chi connectivity index (χ3n) is 6.54. The Morgan fingerprint density at radius 1 is 0.808 bits per heavy atom. The maximum Gasteiger partial charge on any atom is 0.128 e. The fourth-order valence-corrected chi connectivity index (χ4v) is 4.83. The van der Waals surface area contributed by atoms with Gasteiger partial charge in [-0.2, -0.15) is 0 Å². The van der Waals surface area contributed by atoms with Gasteiger partial charge in [-0.15, -0.1) is 0 Å². The molecule has 3 aliphatic rings. The Hall–Kier alpha value is -1.17. The molecule has 0 bridgehead atoms. The van der Waals surface area contributed by atoms with Gasteiger partial charge in [0.05, 0.1) is 0 Å². The second kappa shape index (κ2) is 9.16. The van der Waals surface area contributed by atoms with Crippen LogP contribution < -0.4 is 10.2 Å². The maximum absolute atomic E-state index is 4.51. The lowest BCUT2D eigenvalue weighted by Crippen LogP contribution is -2.50. The van der Waals surface area contributed by atoms with E-state index in [2.05, 4.69) is 37.1 Å². The van der Waals surface area contributed by atoms with Crippen LogP contribution in [-0.4, -0.2) is 80.2 Å². The molecule has 0 spiro atoms. The molecule has 1 aromatic heterocycles. The van der Waals surface area contributed by atoms with Crippen molar-refractivity contribution in [3.63, 3.8) is 0 Å². The number of nitrogens with zero attached hydrogens (tertiary/aromatic N) is 4. The van der Waals surface area contributed by atoms with Crippen molar-refractivity contribution in [3.05, 3.63) is 24.4 Å². The Morgan fingerprint density at radius 3 is 2.00 bits per heavy atom. The van der Waals surface area contributed by atoms with Gasteiger partial charge in [0.2, 0.25) is 0 Å². The first-order chi connectivity index (χ1) is 12.9. The molecule has 144 valence electrons. The summed E-state index contributed by atoms with van der Waals surface area (Å²) in [6.07, 6.45) is 7.27. The molecule has 0 aromatic carbocycles. The first kappa shape index (κ1) is 18.2. The molecule has 3 aliphatic heterocycles. The van der Waals surface area contributed by atoms with E-state index in [0.717, 1.165) is 30.7 Å². The molecule has 5 heteroatoms. The number of hydrogen-bond donors (Lipinski definition) is 1. The molecule has 26 heavy (non-hydrogen) atoms. The number of piperazine rings is 1. The standard InChI is InChI=1S/C21H35N5/c1-2-8-23-21(3-1)26-11-6-20(7-12-26)18-25-15-13-24(14-16-25)17-19-4-9-22-10-5-19/h1-3,8,19-20,22H,4-7,9-18H2. The van der Waals surface area contributed by atoms with Crippen LogP contribution in [0.2, 0.25) is 0 Å². The Kier molecular flexibility index (Phi) is 6.41. The predicted molar refractivity (Wildman–Crippen MR) is 108 cm³/mol. The van der Waals surface area contributed by atoms with Gasteiger partial charge in [0.15, 0.2) is 0 Å². The minimum absolute atomic E-state index is 0.867. The molecular formula is C21H35N5. The number of piperidine rings is 2. The van der Waals surface area contributed by atoms with Gasteiger partial charge >= 0.3 is 0 Å². The summed E-state index contributed by atoms with van der Waals surface area (Å²) in [6, 6.07) is 6.24. The third-order valence-corrected chi connectivity index (χ3v) is 6.54. The average Bonchev–Trinajstić information content (AvgIpc) is 2.72. The second-order valence-corrected chi connectivity index (χ2v) is 8.41. The first-order valence-electron chi connectivity index (χ1n) is 10.7. The summed E-state index contributed by atoms with van der Waals surface area (Å²) in [4.78, 5) is 12.4. The molecule has 0 aliphatic carbocycles. The highest BCUT2D eigenvalue weighted by atomic mass is 15.3. The Balaban J connectivity index is 1.15. The van der Waals surface area contributed by atoms with E-state index < -0.39 is 0 Å². The Bertz CT molecular complexity index is 514. The lowest BCUT2D eigenvalue weighted by Gasteiger charge is -2.40.